The number of hydrogen-bond acceptors (Lipinski definition) is 2. The summed E-state index contributed by atoms with van der Waals surface area (Å²) < 4.78 is 20.2. The molecule has 1 rings (SSSR count). The van der Waals surface area contributed by atoms with Crippen LogP contribution in [0.25, 0.3) is 0 Å². The minimum absolute atomic E-state index is 0.130. The zero-order valence-electron chi connectivity index (χ0n) is 6.88. The quantitative estimate of drug-likeness (QED) is 0.554. The molecule has 0 aliphatic rings. The predicted octanol–water partition coefficient (Wildman–Crippen LogP) is 2.80. The van der Waals surface area contributed by atoms with E-state index in [9.17, 15) is 14.5 Å². The Balaban J connectivity index is 3.28. The van der Waals surface area contributed by atoms with Crippen molar-refractivity contribution in [1.29, 1.82) is 0 Å². The highest BCUT2D eigenvalue weighted by molar-refractivity contribution is 9.10. The maximum atomic E-state index is 13.0. The molecule has 0 atom stereocenters. The summed E-state index contributed by atoms with van der Waals surface area (Å²) in [4.78, 5) is 9.60. The number of rotatable bonds is 1. The average molecular weight is 235 g/mol. The number of hydrogen-bond donors (Lipinski definition) is 0. The summed E-state index contributed by atoms with van der Waals surface area (Å²) in [6.07, 6.45) is 0. The third-order valence-electron chi connectivity index (χ3n) is 1.34. The highest BCUT2D eigenvalue weighted by Crippen LogP contribution is 2.24. The van der Waals surface area contributed by atoms with Crippen LogP contribution in [-0.2, 0) is 0 Å². The van der Waals surface area contributed by atoms with E-state index >= 15 is 0 Å². The molecule has 64 valence electrons. The van der Waals surface area contributed by atoms with Crippen LogP contribution in [0.3, 0.4) is 0 Å². The van der Waals surface area contributed by atoms with E-state index < -0.39 is 10.7 Å². The molecule has 0 fully saturated rings. The van der Waals surface area contributed by atoms with Crippen molar-refractivity contribution in [3.05, 3.63) is 38.1 Å². The van der Waals surface area contributed by atoms with Crippen molar-refractivity contribution >= 4 is 21.6 Å². The van der Waals surface area contributed by atoms with Gasteiger partial charge >= 0.3 is 0 Å². The molecule has 0 aliphatic carbocycles. The van der Waals surface area contributed by atoms with Gasteiger partial charge in [0.15, 0.2) is 0 Å². The van der Waals surface area contributed by atoms with E-state index in [2.05, 4.69) is 15.9 Å². The number of nitro benzene ring substituents is 1. The summed E-state index contributed by atoms with van der Waals surface area (Å²) in [5.74, 6) is -0.726. The SMILES string of the molecule is [2H]Cc1c(F)cc([N+](=O)[O-])cc1Br. The second-order valence-corrected chi connectivity index (χ2v) is 3.00. The van der Waals surface area contributed by atoms with Gasteiger partial charge in [0.1, 0.15) is 5.82 Å². The Morgan fingerprint density at radius 3 is 2.83 bits per heavy atom. The second-order valence-electron chi connectivity index (χ2n) is 2.15. The molecule has 0 N–H and O–H groups in total. The molecule has 0 aromatic heterocycles. The first kappa shape index (κ1) is 7.67. The molecule has 0 radical (unpaired) electrons. The fourth-order valence-electron chi connectivity index (χ4n) is 0.695. The third kappa shape index (κ3) is 1.61. The van der Waals surface area contributed by atoms with Crippen LogP contribution in [0.4, 0.5) is 10.1 Å². The van der Waals surface area contributed by atoms with Crippen molar-refractivity contribution < 1.29 is 10.7 Å². The fourth-order valence-corrected chi connectivity index (χ4v) is 1.12. The Morgan fingerprint density at radius 2 is 2.42 bits per heavy atom. The van der Waals surface area contributed by atoms with Gasteiger partial charge in [-0.3, -0.25) is 10.1 Å². The number of halogens is 2. The molecule has 0 unspecified atom stereocenters. The maximum absolute atomic E-state index is 13.0. The van der Waals surface area contributed by atoms with Crippen LogP contribution in [0.2, 0.25) is 0 Å². The van der Waals surface area contributed by atoms with E-state index in [0.29, 0.717) is 0 Å². The van der Waals surface area contributed by atoms with Crippen molar-refractivity contribution in [3.63, 3.8) is 0 Å². The van der Waals surface area contributed by atoms with Gasteiger partial charge in [-0.15, -0.1) is 0 Å². The lowest BCUT2D eigenvalue weighted by atomic mass is 10.2. The van der Waals surface area contributed by atoms with Crippen molar-refractivity contribution in [1.82, 2.24) is 0 Å². The summed E-state index contributed by atoms with van der Waals surface area (Å²) in [5.41, 5.74) is -0.188. The Bertz CT molecular complexity index is 335. The molecular formula is C7H5BrFNO2. The van der Waals surface area contributed by atoms with E-state index in [1.54, 1.807) is 0 Å². The average Bonchev–Trinajstić information content (AvgIpc) is 2.03. The predicted molar refractivity (Wildman–Crippen MR) is 45.5 cm³/mol. The molecule has 5 heteroatoms. The second kappa shape index (κ2) is 3.18. The van der Waals surface area contributed by atoms with E-state index in [1.807, 2.05) is 0 Å². The van der Waals surface area contributed by atoms with E-state index in [4.69, 9.17) is 1.37 Å². The van der Waals surface area contributed by atoms with E-state index in [1.165, 1.54) is 6.07 Å². The first-order chi connectivity index (χ1) is 6.06. The minimum atomic E-state index is -0.726. The molecule has 1 aromatic carbocycles. The summed E-state index contributed by atoms with van der Waals surface area (Å²) >= 11 is 2.96. The molecule has 0 bridgehead atoms. The molecular weight excluding hydrogens is 229 g/mol. The van der Waals surface area contributed by atoms with Gasteiger partial charge in [-0.05, 0) is 12.5 Å². The molecule has 0 aliphatic heterocycles. The molecule has 0 spiro atoms. The number of nitrogens with zero attached hydrogens (tertiary/aromatic N) is 1. The summed E-state index contributed by atoms with van der Waals surface area (Å²) in [6.45, 7) is -0.246. The molecule has 0 heterocycles. The van der Waals surface area contributed by atoms with E-state index in [0.717, 1.165) is 6.07 Å². The lowest BCUT2D eigenvalue weighted by Gasteiger charge is -1.98. The molecule has 0 amide bonds. The van der Waals surface area contributed by atoms with Crippen molar-refractivity contribution in [2.24, 2.45) is 0 Å². The van der Waals surface area contributed by atoms with Crippen molar-refractivity contribution in [2.75, 3.05) is 0 Å². The van der Waals surface area contributed by atoms with Gasteiger partial charge in [-0.2, -0.15) is 0 Å². The van der Waals surface area contributed by atoms with Crippen LogP contribution in [0.15, 0.2) is 16.6 Å². The molecule has 1 aromatic rings. The highest BCUT2D eigenvalue weighted by Gasteiger charge is 2.11. The van der Waals surface area contributed by atoms with Gasteiger partial charge in [-0.1, -0.05) is 15.9 Å². The number of nitro groups is 1. The normalized spacial score (nSPS) is 11.0. The van der Waals surface area contributed by atoms with Gasteiger partial charge < -0.3 is 0 Å². The van der Waals surface area contributed by atoms with Crippen molar-refractivity contribution in [3.8, 4) is 0 Å². The summed E-state index contributed by atoms with van der Waals surface area (Å²) in [5, 5.41) is 10.3. The molecule has 0 saturated heterocycles. The zero-order chi connectivity index (χ0) is 10.0. The lowest BCUT2D eigenvalue weighted by Crippen LogP contribution is -1.91. The highest BCUT2D eigenvalue weighted by atomic mass is 79.9. The fraction of sp³-hybridized carbons (Fsp3) is 0.143. The topological polar surface area (TPSA) is 43.1 Å². The standard InChI is InChI=1S/C7H5BrFNO2/c1-4-6(8)2-5(10(11)12)3-7(4)9/h2-3H,1H3/i1D. The minimum Gasteiger partial charge on any atom is -0.258 e. The van der Waals surface area contributed by atoms with Crippen LogP contribution in [0.1, 0.15) is 6.93 Å². The summed E-state index contributed by atoms with van der Waals surface area (Å²) in [6, 6.07) is 2.00. The van der Waals surface area contributed by atoms with Gasteiger partial charge in [-0.25, -0.2) is 4.39 Å². The first-order valence-corrected chi connectivity index (χ1v) is 3.77. The largest absolute Gasteiger partial charge is 0.273 e. The van der Waals surface area contributed by atoms with Crippen LogP contribution in [0.5, 0.6) is 0 Å². The van der Waals surface area contributed by atoms with Crippen LogP contribution in [-0.4, -0.2) is 4.92 Å². The Hall–Kier alpha value is -0.970. The Labute approximate surface area is 77.9 Å². The van der Waals surface area contributed by atoms with Crippen LogP contribution >= 0.6 is 15.9 Å². The number of benzene rings is 1. The third-order valence-corrected chi connectivity index (χ3v) is 2.04. The Kier molecular flexibility index (Phi) is 2.03. The molecule has 0 saturated carbocycles. The van der Waals surface area contributed by atoms with Crippen molar-refractivity contribution in [2.45, 2.75) is 6.90 Å². The van der Waals surface area contributed by atoms with Crippen LogP contribution < -0.4 is 0 Å². The monoisotopic (exact) mass is 234 g/mol. The Morgan fingerprint density at radius 1 is 1.75 bits per heavy atom. The summed E-state index contributed by atoms with van der Waals surface area (Å²) in [7, 11) is 0. The van der Waals surface area contributed by atoms with Gasteiger partial charge in [0.05, 0.1) is 11.0 Å². The van der Waals surface area contributed by atoms with Gasteiger partial charge in [0.25, 0.3) is 5.69 Å². The number of non-ortho nitro benzene ring substituents is 1. The molecule has 12 heavy (non-hydrogen) atoms. The van der Waals surface area contributed by atoms with E-state index in [-0.39, 0.29) is 22.6 Å². The molecule has 3 nitrogen and oxygen atoms in total. The zero-order valence-corrected chi connectivity index (χ0v) is 7.47. The van der Waals surface area contributed by atoms with Gasteiger partial charge in [0, 0.05) is 11.9 Å². The smallest absolute Gasteiger partial charge is 0.258 e. The van der Waals surface area contributed by atoms with Gasteiger partial charge in [0.2, 0.25) is 0 Å². The maximum Gasteiger partial charge on any atom is 0.273 e. The first-order valence-electron chi connectivity index (χ1n) is 3.68. The lowest BCUT2D eigenvalue weighted by molar-refractivity contribution is -0.385. The van der Waals surface area contributed by atoms with Crippen LogP contribution in [0, 0.1) is 22.8 Å².